The number of benzene rings is 1. The highest BCUT2D eigenvalue weighted by Gasteiger charge is 2.75. The smallest absolute Gasteiger partial charge is 0.305 e. The Balaban J connectivity index is 1.64. The zero-order chi connectivity index (χ0) is 25.4. The molecule has 5 rings (SSSR count). The lowest BCUT2D eigenvalue weighted by Gasteiger charge is -2.50. The van der Waals surface area contributed by atoms with E-state index in [9.17, 15) is 29.1 Å². The third-order valence-electron chi connectivity index (χ3n) is 7.88. The van der Waals surface area contributed by atoms with Gasteiger partial charge in [0, 0.05) is 19.5 Å². The van der Waals surface area contributed by atoms with E-state index in [1.165, 1.54) is 19.2 Å². The van der Waals surface area contributed by atoms with Crippen LogP contribution in [0.5, 0.6) is 5.75 Å². The monoisotopic (exact) mass is 520 g/mol. The molecular weight excluding hydrogens is 499 g/mol. The standard InChI is InChI=1S/C24H22Cl2N2O7/c1-27-21(34)23(25)10-15-13(18(24(23,26)22(27)35)11-2-4-12(29)5-3-11)6-7-14-17(15)20(33)28(19(14)32)9-8-16(30)31/h2-6,14-15,17-18,29H,7-10H2,1H3,(H,30,31). The van der Waals surface area contributed by atoms with Gasteiger partial charge in [-0.2, -0.15) is 0 Å². The van der Waals surface area contributed by atoms with Crippen LogP contribution in [0.2, 0.25) is 0 Å². The number of carbonyl (C=O) groups is 5. The molecule has 0 radical (unpaired) electrons. The number of phenols is 1. The number of hydrogen-bond donors (Lipinski definition) is 2. The summed E-state index contributed by atoms with van der Waals surface area (Å²) in [6.07, 6.45) is 1.51. The Kier molecular flexibility index (Phi) is 5.30. The molecule has 11 heteroatoms. The van der Waals surface area contributed by atoms with Crippen molar-refractivity contribution in [1.29, 1.82) is 0 Å². The van der Waals surface area contributed by atoms with Gasteiger partial charge in [-0.25, -0.2) is 0 Å². The van der Waals surface area contributed by atoms with Crippen molar-refractivity contribution in [3.05, 3.63) is 41.5 Å². The molecule has 1 aromatic carbocycles. The van der Waals surface area contributed by atoms with Crippen molar-refractivity contribution in [2.45, 2.75) is 34.9 Å². The first kappa shape index (κ1) is 23.8. The summed E-state index contributed by atoms with van der Waals surface area (Å²) in [4.78, 5) is 62.3. The highest BCUT2D eigenvalue weighted by Crippen LogP contribution is 2.65. The predicted octanol–water partition coefficient (Wildman–Crippen LogP) is 1.86. The van der Waals surface area contributed by atoms with Crippen LogP contribution in [0.15, 0.2) is 35.9 Å². The zero-order valence-corrected chi connectivity index (χ0v) is 20.1. The van der Waals surface area contributed by atoms with E-state index in [1.54, 1.807) is 18.2 Å². The maximum Gasteiger partial charge on any atom is 0.305 e. The lowest BCUT2D eigenvalue weighted by atomic mass is 9.56. The average Bonchev–Trinajstić information content (AvgIpc) is 3.13. The largest absolute Gasteiger partial charge is 0.508 e. The molecule has 2 saturated heterocycles. The maximum absolute atomic E-state index is 13.4. The number of halogens is 2. The molecule has 4 amide bonds. The van der Waals surface area contributed by atoms with Gasteiger partial charge in [-0.1, -0.05) is 23.8 Å². The topological polar surface area (TPSA) is 132 Å². The Bertz CT molecular complexity index is 1210. The molecule has 184 valence electrons. The minimum Gasteiger partial charge on any atom is -0.508 e. The number of alkyl halides is 2. The maximum atomic E-state index is 13.4. The van der Waals surface area contributed by atoms with Gasteiger partial charge in [-0.05, 0) is 36.5 Å². The van der Waals surface area contributed by atoms with E-state index >= 15 is 0 Å². The van der Waals surface area contributed by atoms with Crippen molar-refractivity contribution < 1.29 is 34.2 Å². The summed E-state index contributed by atoms with van der Waals surface area (Å²) < 4.78 is 0. The summed E-state index contributed by atoms with van der Waals surface area (Å²) in [6.45, 7) is -0.241. The Morgan fingerprint density at radius 3 is 2.34 bits per heavy atom. The molecule has 2 N–H and O–H groups in total. The number of hydrogen-bond acceptors (Lipinski definition) is 6. The predicted molar refractivity (Wildman–Crippen MR) is 123 cm³/mol. The molecule has 6 unspecified atom stereocenters. The quantitative estimate of drug-likeness (QED) is 0.351. The lowest BCUT2D eigenvalue weighted by molar-refractivity contribution is -0.143. The molecule has 0 spiro atoms. The Morgan fingerprint density at radius 2 is 1.71 bits per heavy atom. The van der Waals surface area contributed by atoms with Crippen LogP contribution in [0.25, 0.3) is 0 Å². The molecule has 9 nitrogen and oxygen atoms in total. The van der Waals surface area contributed by atoms with Crippen LogP contribution < -0.4 is 0 Å². The molecule has 3 fully saturated rings. The number of carboxylic acids is 1. The van der Waals surface area contributed by atoms with E-state index in [-0.39, 0.29) is 31.6 Å². The molecule has 0 bridgehead atoms. The van der Waals surface area contributed by atoms with Gasteiger partial charge in [0.2, 0.25) is 11.8 Å². The second kappa shape index (κ2) is 7.80. The molecule has 35 heavy (non-hydrogen) atoms. The Hall–Kier alpha value is -2.91. The van der Waals surface area contributed by atoms with Crippen LogP contribution in [0.1, 0.15) is 30.7 Å². The van der Waals surface area contributed by atoms with Crippen molar-refractivity contribution in [1.82, 2.24) is 9.80 Å². The Labute approximate surface area is 210 Å². The van der Waals surface area contributed by atoms with Crippen LogP contribution >= 0.6 is 23.2 Å². The third kappa shape index (κ3) is 3.04. The minimum atomic E-state index is -1.87. The van der Waals surface area contributed by atoms with E-state index in [1.807, 2.05) is 0 Å². The van der Waals surface area contributed by atoms with Gasteiger partial charge in [0.05, 0.1) is 18.3 Å². The number of nitrogens with zero attached hydrogens (tertiary/aromatic N) is 2. The fourth-order valence-corrected chi connectivity index (χ4v) is 7.30. The number of allylic oxidation sites excluding steroid dienone is 2. The lowest BCUT2D eigenvalue weighted by Crippen LogP contribution is -2.60. The first-order valence-electron chi connectivity index (χ1n) is 11.2. The first-order chi connectivity index (χ1) is 16.4. The highest BCUT2D eigenvalue weighted by atomic mass is 35.5. The number of aliphatic carboxylic acids is 1. The molecule has 1 saturated carbocycles. The molecule has 4 aliphatic rings. The summed E-state index contributed by atoms with van der Waals surface area (Å²) in [5, 5.41) is 18.8. The molecular formula is C24H22Cl2N2O7. The van der Waals surface area contributed by atoms with Crippen LogP contribution in [0.3, 0.4) is 0 Å². The second-order valence-electron chi connectivity index (χ2n) is 9.56. The minimum absolute atomic E-state index is 0.00357. The van der Waals surface area contributed by atoms with E-state index in [2.05, 4.69) is 0 Å². The van der Waals surface area contributed by atoms with Crippen molar-refractivity contribution in [2.24, 2.45) is 17.8 Å². The van der Waals surface area contributed by atoms with Crippen LogP contribution in [-0.2, 0) is 24.0 Å². The molecule has 2 aliphatic heterocycles. The van der Waals surface area contributed by atoms with Gasteiger partial charge in [0.1, 0.15) is 5.75 Å². The van der Waals surface area contributed by atoms with Gasteiger partial charge >= 0.3 is 5.97 Å². The number of phenolic OH excluding ortho intramolecular Hbond substituents is 1. The van der Waals surface area contributed by atoms with Crippen LogP contribution in [0, 0.1) is 17.8 Å². The number of amides is 4. The van der Waals surface area contributed by atoms with Crippen molar-refractivity contribution in [2.75, 3.05) is 13.6 Å². The molecule has 2 heterocycles. The summed E-state index contributed by atoms with van der Waals surface area (Å²) in [5.74, 6) is -6.53. The number of rotatable bonds is 4. The van der Waals surface area contributed by atoms with E-state index < -0.39 is 63.0 Å². The zero-order valence-electron chi connectivity index (χ0n) is 18.6. The molecule has 1 aromatic rings. The summed E-state index contributed by atoms with van der Waals surface area (Å²) in [6, 6.07) is 6.05. The molecule has 0 aromatic heterocycles. The Morgan fingerprint density at radius 1 is 1.06 bits per heavy atom. The van der Waals surface area contributed by atoms with Crippen LogP contribution in [0.4, 0.5) is 0 Å². The van der Waals surface area contributed by atoms with Crippen molar-refractivity contribution >= 4 is 52.8 Å². The highest BCUT2D eigenvalue weighted by molar-refractivity contribution is 6.53. The van der Waals surface area contributed by atoms with Crippen molar-refractivity contribution in [3.8, 4) is 5.75 Å². The van der Waals surface area contributed by atoms with Gasteiger partial charge < -0.3 is 10.2 Å². The second-order valence-corrected chi connectivity index (χ2v) is 10.8. The number of aromatic hydroxyl groups is 1. The summed E-state index contributed by atoms with van der Waals surface area (Å²) in [7, 11) is 1.31. The average molecular weight is 521 g/mol. The summed E-state index contributed by atoms with van der Waals surface area (Å²) >= 11 is 14.0. The number of carbonyl (C=O) groups excluding carboxylic acids is 4. The van der Waals surface area contributed by atoms with Crippen molar-refractivity contribution in [3.63, 3.8) is 0 Å². The first-order valence-corrected chi connectivity index (χ1v) is 12.0. The van der Waals surface area contributed by atoms with E-state index in [0.29, 0.717) is 11.1 Å². The van der Waals surface area contributed by atoms with Gasteiger partial charge in [-0.15, -0.1) is 23.2 Å². The number of carboxylic acid groups (broad SMARTS) is 1. The van der Waals surface area contributed by atoms with E-state index in [0.717, 1.165) is 9.80 Å². The van der Waals surface area contributed by atoms with Crippen LogP contribution in [-0.4, -0.2) is 73.0 Å². The van der Waals surface area contributed by atoms with Gasteiger partial charge in [0.15, 0.2) is 9.75 Å². The molecule has 2 aliphatic carbocycles. The number of fused-ring (bicyclic) bond motifs is 4. The normalized spacial score (nSPS) is 36.1. The number of imide groups is 2. The summed E-state index contributed by atoms with van der Waals surface area (Å²) in [5.41, 5.74) is 1.18. The van der Waals surface area contributed by atoms with Gasteiger partial charge in [0.25, 0.3) is 11.8 Å². The SMILES string of the molecule is CN1C(=O)C2(Cl)CC3C(=CCC4C(=O)N(CCC(=O)O)C(=O)C43)C(c3ccc(O)cc3)C2(Cl)C1=O. The number of likely N-dealkylation sites (tertiary alicyclic amines) is 2. The van der Waals surface area contributed by atoms with Gasteiger partial charge in [-0.3, -0.25) is 33.8 Å². The van der Waals surface area contributed by atoms with E-state index in [4.69, 9.17) is 28.3 Å². The molecule has 6 atom stereocenters. The third-order valence-corrected chi connectivity index (χ3v) is 9.29. The fourth-order valence-electron chi connectivity index (χ4n) is 6.28. The fraction of sp³-hybridized carbons (Fsp3) is 0.458.